The van der Waals surface area contributed by atoms with E-state index in [4.69, 9.17) is 23.0 Å². The minimum atomic E-state index is -3.87. The summed E-state index contributed by atoms with van der Waals surface area (Å²) in [4.78, 5) is 27.3. The molecule has 0 aromatic rings. The Morgan fingerprint density at radius 2 is 0.964 bits per heavy atom. The van der Waals surface area contributed by atoms with E-state index in [1.165, 1.54) is 45.6 Å². The lowest BCUT2D eigenvalue weighted by Gasteiger charge is -2.21. The summed E-state index contributed by atoms with van der Waals surface area (Å²) >= 11 is 0. The molecular formula is C45H82NO8P. The summed E-state index contributed by atoms with van der Waals surface area (Å²) in [6.45, 7) is 4.82. The van der Waals surface area contributed by atoms with Gasteiger partial charge in [-0.3, -0.25) is 23.2 Å². The van der Waals surface area contributed by atoms with Crippen molar-refractivity contribution >= 4 is 19.8 Å². The van der Waals surface area contributed by atoms with Gasteiger partial charge in [0.05, 0.1) is 13.2 Å². The Morgan fingerprint density at radius 3 is 1.42 bits per heavy atom. The maximum Gasteiger partial charge on any atom is 0.474 e. The fourth-order valence-corrected chi connectivity index (χ4v) is 6.69. The van der Waals surface area contributed by atoms with Crippen LogP contribution in [0.25, 0.3) is 0 Å². The highest BCUT2D eigenvalue weighted by atomic mass is 31.2. The summed E-state index contributed by atoms with van der Waals surface area (Å²) in [6, 6.07) is 0. The molecule has 0 spiro atoms. The van der Waals surface area contributed by atoms with Crippen LogP contribution in [-0.4, -0.2) is 70.5 Å². The van der Waals surface area contributed by atoms with Crippen molar-refractivity contribution in [3.05, 3.63) is 48.6 Å². The molecule has 0 aliphatic carbocycles. The van der Waals surface area contributed by atoms with E-state index in [0.29, 0.717) is 19.3 Å². The van der Waals surface area contributed by atoms with Crippen LogP contribution in [0.4, 0.5) is 0 Å². The first-order valence-corrected chi connectivity index (χ1v) is 23.3. The SMILES string of the molecule is CC/C=C\CCCC/C=C\CCCCCCCC(=O)OC[C@H](COP(=O)(OC)OCCCN(C)C)OC(=O)CCCCCCC/C=C\CCCC/C=C\CC. The molecule has 0 heterocycles. The molecule has 1 unspecified atom stereocenters. The average Bonchev–Trinajstić information content (AvgIpc) is 3.17. The van der Waals surface area contributed by atoms with Crippen molar-refractivity contribution in [1.29, 1.82) is 0 Å². The van der Waals surface area contributed by atoms with Gasteiger partial charge in [-0.05, 0) is 130 Å². The molecule has 0 saturated carbocycles. The average molecular weight is 796 g/mol. The molecule has 0 bridgehead atoms. The molecule has 0 saturated heterocycles. The van der Waals surface area contributed by atoms with Gasteiger partial charge >= 0.3 is 19.8 Å². The smallest absolute Gasteiger partial charge is 0.462 e. The second-order valence-electron chi connectivity index (χ2n) is 14.6. The van der Waals surface area contributed by atoms with Crippen molar-refractivity contribution in [3.8, 4) is 0 Å². The molecular weight excluding hydrogens is 713 g/mol. The normalized spacial score (nSPS) is 13.9. The number of carbonyl (C=O) groups excluding carboxylic acids is 2. The molecule has 0 aromatic heterocycles. The summed E-state index contributed by atoms with van der Waals surface area (Å²) < 4.78 is 40.2. The van der Waals surface area contributed by atoms with Gasteiger partial charge in [-0.2, -0.15) is 0 Å². The van der Waals surface area contributed by atoms with E-state index in [0.717, 1.165) is 103 Å². The van der Waals surface area contributed by atoms with E-state index in [1.807, 2.05) is 19.0 Å². The van der Waals surface area contributed by atoms with Crippen LogP contribution in [-0.2, 0) is 37.2 Å². The molecule has 10 heteroatoms. The van der Waals surface area contributed by atoms with Gasteiger partial charge in [-0.15, -0.1) is 0 Å². The second kappa shape index (κ2) is 40.2. The highest BCUT2D eigenvalue weighted by Crippen LogP contribution is 2.48. The van der Waals surface area contributed by atoms with Crippen LogP contribution in [0.5, 0.6) is 0 Å². The predicted octanol–water partition coefficient (Wildman–Crippen LogP) is 12.8. The number of rotatable bonds is 40. The zero-order valence-electron chi connectivity index (χ0n) is 35.9. The molecule has 2 atom stereocenters. The number of hydrogen-bond acceptors (Lipinski definition) is 9. The molecule has 0 aromatic carbocycles. The Balaban J connectivity index is 4.48. The third-order valence-corrected chi connectivity index (χ3v) is 10.4. The number of nitrogens with zero attached hydrogens (tertiary/aromatic N) is 1. The monoisotopic (exact) mass is 796 g/mol. The van der Waals surface area contributed by atoms with E-state index in [-0.39, 0.29) is 32.2 Å². The van der Waals surface area contributed by atoms with Gasteiger partial charge in [-0.25, -0.2) is 4.57 Å². The van der Waals surface area contributed by atoms with Gasteiger partial charge < -0.3 is 14.4 Å². The van der Waals surface area contributed by atoms with Crippen LogP contribution in [0.2, 0.25) is 0 Å². The summed E-state index contributed by atoms with van der Waals surface area (Å²) in [7, 11) is 1.27. The number of phosphoric acid groups is 1. The van der Waals surface area contributed by atoms with Crippen molar-refractivity contribution in [2.45, 2.75) is 180 Å². The van der Waals surface area contributed by atoms with Crippen LogP contribution in [0.3, 0.4) is 0 Å². The number of phosphoric ester groups is 1. The summed E-state index contributed by atoms with van der Waals surface area (Å²) in [6.07, 6.45) is 42.7. The number of ether oxygens (including phenoxy) is 2. The predicted molar refractivity (Wildman–Crippen MR) is 229 cm³/mol. The lowest BCUT2D eigenvalue weighted by atomic mass is 10.1. The first kappa shape index (κ1) is 53.0. The van der Waals surface area contributed by atoms with Crippen molar-refractivity contribution < 1.29 is 37.2 Å². The van der Waals surface area contributed by atoms with E-state index < -0.39 is 19.9 Å². The lowest BCUT2D eigenvalue weighted by molar-refractivity contribution is -0.161. The number of esters is 2. The Bertz CT molecular complexity index is 1060. The second-order valence-corrected chi connectivity index (χ2v) is 16.4. The Morgan fingerprint density at radius 1 is 0.545 bits per heavy atom. The first-order valence-electron chi connectivity index (χ1n) is 21.8. The van der Waals surface area contributed by atoms with Crippen molar-refractivity contribution in [1.82, 2.24) is 4.90 Å². The number of carbonyl (C=O) groups is 2. The molecule has 0 rings (SSSR count). The maximum absolute atomic E-state index is 13.0. The molecule has 0 amide bonds. The number of hydrogen-bond donors (Lipinski definition) is 0. The van der Waals surface area contributed by atoms with Gasteiger partial charge in [0.15, 0.2) is 6.10 Å². The van der Waals surface area contributed by atoms with Crippen molar-refractivity contribution in [3.63, 3.8) is 0 Å². The minimum absolute atomic E-state index is 0.180. The van der Waals surface area contributed by atoms with Gasteiger partial charge in [0.25, 0.3) is 0 Å². The standard InChI is InChI=1S/C45H82NO8P/c1-6-8-10-12-14-16-18-20-22-24-26-28-30-32-34-37-44(47)51-41-43(42-53-55(49,50-5)52-40-36-39-46(3)4)54-45(48)38-35-33-31-29-27-25-23-21-19-17-15-13-11-9-7-2/h8-11,20-23,43H,6-7,12-19,24-42H2,1-5H3/b10-8-,11-9-,22-20-,23-21-/t43-,55?/m1/s1. The lowest BCUT2D eigenvalue weighted by Crippen LogP contribution is -2.29. The molecule has 0 aliphatic rings. The summed E-state index contributed by atoms with van der Waals surface area (Å²) in [5.74, 6) is -0.745. The van der Waals surface area contributed by atoms with Crippen LogP contribution >= 0.6 is 7.82 Å². The van der Waals surface area contributed by atoms with E-state index in [2.05, 4.69) is 62.5 Å². The summed E-state index contributed by atoms with van der Waals surface area (Å²) in [5, 5.41) is 0. The van der Waals surface area contributed by atoms with Crippen LogP contribution < -0.4 is 0 Å². The molecule has 0 N–H and O–H groups in total. The number of unbranched alkanes of at least 4 members (excludes halogenated alkanes) is 16. The molecule has 55 heavy (non-hydrogen) atoms. The van der Waals surface area contributed by atoms with Crippen molar-refractivity contribution in [2.24, 2.45) is 0 Å². The fourth-order valence-electron chi connectivity index (χ4n) is 5.71. The Hall–Kier alpha value is -2.03. The third kappa shape index (κ3) is 38.6. The zero-order chi connectivity index (χ0) is 40.5. The topological polar surface area (TPSA) is 101 Å². The van der Waals surface area contributed by atoms with E-state index in [9.17, 15) is 14.2 Å². The molecule has 0 aliphatic heterocycles. The van der Waals surface area contributed by atoms with Gasteiger partial charge in [0.2, 0.25) is 0 Å². The summed E-state index contributed by atoms with van der Waals surface area (Å²) in [5.41, 5.74) is 0. The minimum Gasteiger partial charge on any atom is -0.462 e. The third-order valence-electron chi connectivity index (χ3n) is 8.99. The fraction of sp³-hybridized carbons (Fsp3) is 0.778. The highest BCUT2D eigenvalue weighted by molar-refractivity contribution is 7.48. The van der Waals surface area contributed by atoms with Gasteiger partial charge in [0, 0.05) is 20.0 Å². The molecule has 320 valence electrons. The molecule has 9 nitrogen and oxygen atoms in total. The van der Waals surface area contributed by atoms with Crippen LogP contribution in [0, 0.1) is 0 Å². The van der Waals surface area contributed by atoms with Gasteiger partial charge in [-0.1, -0.05) is 101 Å². The maximum atomic E-state index is 13.0. The van der Waals surface area contributed by atoms with Crippen molar-refractivity contribution in [2.75, 3.05) is 47.6 Å². The van der Waals surface area contributed by atoms with E-state index >= 15 is 0 Å². The quantitative estimate of drug-likeness (QED) is 0.0260. The van der Waals surface area contributed by atoms with Gasteiger partial charge in [0.1, 0.15) is 6.61 Å². The molecule has 0 fully saturated rings. The first-order chi connectivity index (χ1) is 26.8. The highest BCUT2D eigenvalue weighted by Gasteiger charge is 2.28. The number of allylic oxidation sites excluding steroid dienone is 8. The molecule has 0 radical (unpaired) electrons. The zero-order valence-corrected chi connectivity index (χ0v) is 36.8. The van der Waals surface area contributed by atoms with Crippen LogP contribution in [0.1, 0.15) is 174 Å². The van der Waals surface area contributed by atoms with Crippen LogP contribution in [0.15, 0.2) is 48.6 Å². The Kier molecular flexibility index (Phi) is 38.7. The van der Waals surface area contributed by atoms with E-state index in [1.54, 1.807) is 0 Å². The largest absolute Gasteiger partial charge is 0.474 e. The Labute approximate surface area is 337 Å².